The second-order valence-corrected chi connectivity index (χ2v) is 6.98. The van der Waals surface area contributed by atoms with Crippen molar-refractivity contribution >= 4 is 23.5 Å². The summed E-state index contributed by atoms with van der Waals surface area (Å²) < 4.78 is 0. The lowest BCUT2D eigenvalue weighted by atomic mass is 10.1. The summed E-state index contributed by atoms with van der Waals surface area (Å²) in [4.78, 5) is 37.6. The van der Waals surface area contributed by atoms with E-state index in [1.807, 2.05) is 45.9 Å². The van der Waals surface area contributed by atoms with Crippen molar-refractivity contribution in [3.63, 3.8) is 0 Å². The monoisotopic (exact) mass is 362 g/mol. The number of aryl methyl sites for hydroxylation is 1. The van der Waals surface area contributed by atoms with E-state index in [-0.39, 0.29) is 12.5 Å². The number of carbonyl (C=O) groups is 3. The van der Waals surface area contributed by atoms with Gasteiger partial charge in [-0.2, -0.15) is 0 Å². The normalized spacial score (nSPS) is 12.0. The third kappa shape index (κ3) is 6.84. The summed E-state index contributed by atoms with van der Waals surface area (Å²) in [6.07, 6.45) is 0. The molecule has 7 heteroatoms. The zero-order valence-corrected chi connectivity index (χ0v) is 16.5. The molecule has 0 aliphatic carbocycles. The van der Waals surface area contributed by atoms with Crippen LogP contribution < -0.4 is 16.0 Å². The van der Waals surface area contributed by atoms with Crippen LogP contribution in [0.25, 0.3) is 0 Å². The SMILES string of the molecule is Cc1cccc(NC(=O)CN(C)C(C)C(=O)NC(=O)NCC(C)C)c1C. The van der Waals surface area contributed by atoms with Crippen LogP contribution in [0.4, 0.5) is 10.5 Å². The van der Waals surface area contributed by atoms with Crippen LogP contribution in [0.3, 0.4) is 0 Å². The van der Waals surface area contributed by atoms with Crippen LogP contribution in [0.15, 0.2) is 18.2 Å². The van der Waals surface area contributed by atoms with Gasteiger partial charge in [0.25, 0.3) is 0 Å². The third-order valence-corrected chi connectivity index (χ3v) is 4.22. The van der Waals surface area contributed by atoms with E-state index in [1.54, 1.807) is 18.9 Å². The number of rotatable bonds is 7. The van der Waals surface area contributed by atoms with Crippen LogP contribution >= 0.6 is 0 Å². The smallest absolute Gasteiger partial charge is 0.321 e. The largest absolute Gasteiger partial charge is 0.338 e. The summed E-state index contributed by atoms with van der Waals surface area (Å²) in [5.74, 6) is -0.372. The number of hydrogen-bond donors (Lipinski definition) is 3. The molecule has 144 valence electrons. The Morgan fingerprint density at radius 1 is 1.12 bits per heavy atom. The maximum absolute atomic E-state index is 12.2. The molecule has 0 fully saturated rings. The van der Waals surface area contributed by atoms with Crippen molar-refractivity contribution in [2.75, 3.05) is 25.5 Å². The molecule has 0 aliphatic heterocycles. The van der Waals surface area contributed by atoms with Crippen LogP contribution in [-0.4, -0.2) is 48.9 Å². The number of nitrogens with zero attached hydrogens (tertiary/aromatic N) is 1. The standard InChI is InChI=1S/C19H30N4O3/c1-12(2)10-20-19(26)22-18(25)15(5)23(6)11-17(24)21-16-9-7-8-13(3)14(16)4/h7-9,12,15H,10-11H2,1-6H3,(H,21,24)(H2,20,22,25,26). The Bertz CT molecular complexity index is 658. The molecule has 0 aliphatic rings. The highest BCUT2D eigenvalue weighted by Gasteiger charge is 2.22. The fourth-order valence-corrected chi connectivity index (χ4v) is 2.20. The molecule has 3 N–H and O–H groups in total. The summed E-state index contributed by atoms with van der Waals surface area (Å²) in [5, 5.41) is 7.77. The maximum Gasteiger partial charge on any atom is 0.321 e. The first kappa shape index (κ1) is 21.6. The summed E-state index contributed by atoms with van der Waals surface area (Å²) in [6.45, 7) is 10.0. The van der Waals surface area contributed by atoms with Gasteiger partial charge in [0.05, 0.1) is 12.6 Å². The number of urea groups is 1. The van der Waals surface area contributed by atoms with Gasteiger partial charge in [0.2, 0.25) is 11.8 Å². The van der Waals surface area contributed by atoms with Gasteiger partial charge in [-0.15, -0.1) is 0 Å². The second kappa shape index (κ2) is 9.91. The first-order valence-corrected chi connectivity index (χ1v) is 8.76. The van der Waals surface area contributed by atoms with Crippen LogP contribution in [-0.2, 0) is 9.59 Å². The van der Waals surface area contributed by atoms with E-state index < -0.39 is 18.0 Å². The Labute approximate surface area is 155 Å². The fraction of sp³-hybridized carbons (Fsp3) is 0.526. The number of carbonyl (C=O) groups excluding carboxylic acids is 3. The van der Waals surface area contributed by atoms with Gasteiger partial charge < -0.3 is 10.6 Å². The average Bonchev–Trinajstić information content (AvgIpc) is 2.56. The van der Waals surface area contributed by atoms with E-state index in [0.29, 0.717) is 12.5 Å². The van der Waals surface area contributed by atoms with Crippen molar-refractivity contribution in [1.82, 2.24) is 15.5 Å². The summed E-state index contributed by atoms with van der Waals surface area (Å²) in [5.41, 5.74) is 2.86. The lowest BCUT2D eigenvalue weighted by Crippen LogP contribution is -2.50. The van der Waals surface area contributed by atoms with E-state index in [2.05, 4.69) is 16.0 Å². The van der Waals surface area contributed by atoms with Crippen molar-refractivity contribution in [2.24, 2.45) is 5.92 Å². The Morgan fingerprint density at radius 3 is 2.38 bits per heavy atom. The first-order chi connectivity index (χ1) is 12.1. The molecular weight excluding hydrogens is 332 g/mol. The number of benzene rings is 1. The minimum absolute atomic E-state index is 0.0373. The summed E-state index contributed by atoms with van der Waals surface area (Å²) >= 11 is 0. The van der Waals surface area contributed by atoms with E-state index in [4.69, 9.17) is 0 Å². The Kier molecular flexibility index (Phi) is 8.25. The second-order valence-electron chi connectivity index (χ2n) is 6.98. The van der Waals surface area contributed by atoms with Gasteiger partial charge in [0.15, 0.2) is 0 Å². The van der Waals surface area contributed by atoms with Crippen molar-refractivity contribution < 1.29 is 14.4 Å². The number of anilines is 1. The highest BCUT2D eigenvalue weighted by molar-refractivity contribution is 5.97. The molecule has 1 aromatic rings. The van der Waals surface area contributed by atoms with Gasteiger partial charge in [0.1, 0.15) is 0 Å². The molecule has 7 nitrogen and oxygen atoms in total. The summed E-state index contributed by atoms with van der Waals surface area (Å²) in [6, 6.07) is 4.56. The molecule has 0 radical (unpaired) electrons. The minimum atomic E-state index is -0.621. The molecule has 0 aromatic heterocycles. The van der Waals surface area contributed by atoms with Crippen molar-refractivity contribution in [3.8, 4) is 0 Å². The fourth-order valence-electron chi connectivity index (χ4n) is 2.20. The lowest BCUT2D eigenvalue weighted by molar-refractivity contribution is -0.125. The Balaban J connectivity index is 2.53. The van der Waals surface area contributed by atoms with Gasteiger partial charge in [-0.05, 0) is 50.9 Å². The van der Waals surface area contributed by atoms with Crippen LogP contribution in [0.2, 0.25) is 0 Å². The topological polar surface area (TPSA) is 90.5 Å². The molecule has 0 heterocycles. The van der Waals surface area contributed by atoms with E-state index in [9.17, 15) is 14.4 Å². The van der Waals surface area contributed by atoms with Gasteiger partial charge >= 0.3 is 6.03 Å². The zero-order valence-electron chi connectivity index (χ0n) is 16.5. The number of hydrogen-bond acceptors (Lipinski definition) is 4. The number of imide groups is 1. The molecule has 0 saturated carbocycles. The molecule has 4 amide bonds. The van der Waals surface area contributed by atoms with E-state index in [1.165, 1.54) is 0 Å². The minimum Gasteiger partial charge on any atom is -0.338 e. The molecule has 1 atom stereocenters. The molecule has 1 rings (SSSR count). The number of nitrogens with one attached hydrogen (secondary N) is 3. The molecule has 26 heavy (non-hydrogen) atoms. The molecule has 1 unspecified atom stereocenters. The maximum atomic E-state index is 12.2. The number of likely N-dealkylation sites (N-methyl/N-ethyl adjacent to an activating group) is 1. The Hall–Kier alpha value is -2.41. The van der Waals surface area contributed by atoms with Crippen LogP contribution in [0.5, 0.6) is 0 Å². The van der Waals surface area contributed by atoms with E-state index in [0.717, 1.165) is 16.8 Å². The molecule has 0 saturated heterocycles. The quantitative estimate of drug-likeness (QED) is 0.692. The van der Waals surface area contributed by atoms with Gasteiger partial charge in [-0.25, -0.2) is 4.79 Å². The van der Waals surface area contributed by atoms with Gasteiger partial charge in [-0.1, -0.05) is 26.0 Å². The van der Waals surface area contributed by atoms with E-state index >= 15 is 0 Å². The lowest BCUT2D eigenvalue weighted by Gasteiger charge is -2.23. The van der Waals surface area contributed by atoms with Crippen molar-refractivity contribution in [1.29, 1.82) is 0 Å². The van der Waals surface area contributed by atoms with Crippen molar-refractivity contribution in [2.45, 2.75) is 40.7 Å². The van der Waals surface area contributed by atoms with Crippen LogP contribution in [0, 0.1) is 19.8 Å². The predicted molar refractivity (Wildman–Crippen MR) is 103 cm³/mol. The first-order valence-electron chi connectivity index (χ1n) is 8.76. The highest BCUT2D eigenvalue weighted by atomic mass is 16.2. The average molecular weight is 362 g/mol. The van der Waals surface area contributed by atoms with Crippen LogP contribution in [0.1, 0.15) is 31.9 Å². The number of amides is 4. The van der Waals surface area contributed by atoms with Gasteiger partial charge in [-0.3, -0.25) is 19.8 Å². The zero-order chi connectivity index (χ0) is 19.9. The third-order valence-electron chi connectivity index (χ3n) is 4.22. The summed E-state index contributed by atoms with van der Waals surface area (Å²) in [7, 11) is 1.67. The van der Waals surface area contributed by atoms with Gasteiger partial charge in [0, 0.05) is 12.2 Å². The molecular formula is C19H30N4O3. The highest BCUT2D eigenvalue weighted by Crippen LogP contribution is 2.17. The molecule has 1 aromatic carbocycles. The Morgan fingerprint density at radius 2 is 1.77 bits per heavy atom. The molecule has 0 bridgehead atoms. The van der Waals surface area contributed by atoms with Crippen molar-refractivity contribution in [3.05, 3.63) is 29.3 Å². The predicted octanol–water partition coefficient (Wildman–Crippen LogP) is 2.04. The molecule has 0 spiro atoms.